The summed E-state index contributed by atoms with van der Waals surface area (Å²) in [6.07, 6.45) is 14.9. The van der Waals surface area contributed by atoms with Crippen molar-refractivity contribution in [3.8, 4) is 22.3 Å². The third-order valence-corrected chi connectivity index (χ3v) is 11.7. The molecule has 0 saturated heterocycles. The number of fused-ring (bicyclic) bond motifs is 3. The first kappa shape index (κ1) is 46.7. The number of halogens is 2. The molecule has 3 heteroatoms. The van der Waals surface area contributed by atoms with Gasteiger partial charge < -0.3 is 0 Å². The number of benzene rings is 6. The standard InChI is InChI=1S/C33H33.C17H18.C5H5.2ClH.Zr/c1-32(2,3)30-20-26-24(18-28(30)22-13-9-7-10-14-22)17-25-19-29(23-15-11-8-12-16-23)31(21-27(25)26)33(4,5)6;1-4-10-16(11-5-1)14-8-3-9-15-17-12-6-2-7-13-17;1-2-4-5-3-1;;;/h7-21H,1-6H3;1-2,4-7,10-13H,8-9,14-15H2;1-3H,4H2;2*1H;/q-1;;-1;;;+2. The Morgan fingerprint density at radius 1 is 0.552 bits per heavy atom. The second-order valence-corrected chi connectivity index (χ2v) is 18.7. The number of allylic oxidation sites excluding steroid dienone is 4. The van der Waals surface area contributed by atoms with Crippen molar-refractivity contribution < 1.29 is 24.2 Å². The van der Waals surface area contributed by atoms with E-state index in [0.29, 0.717) is 0 Å². The molecule has 0 unspecified atom stereocenters. The first-order valence-corrected chi connectivity index (χ1v) is 21.4. The molecule has 8 rings (SSSR count). The molecular formula is C55H58Cl2Zr. The average Bonchev–Trinajstić information content (AvgIpc) is 3.91. The predicted octanol–water partition coefficient (Wildman–Crippen LogP) is 15.8. The van der Waals surface area contributed by atoms with Crippen molar-refractivity contribution >= 4 is 49.6 Å². The molecule has 1 aliphatic carbocycles. The molecule has 7 aromatic carbocycles. The van der Waals surface area contributed by atoms with Crippen molar-refractivity contribution in [1.29, 1.82) is 0 Å². The predicted molar refractivity (Wildman–Crippen MR) is 256 cm³/mol. The van der Waals surface area contributed by atoms with Gasteiger partial charge in [0.15, 0.2) is 0 Å². The van der Waals surface area contributed by atoms with E-state index in [1.807, 2.05) is 12.2 Å². The van der Waals surface area contributed by atoms with Crippen molar-refractivity contribution in [2.75, 3.05) is 0 Å². The second-order valence-electron chi connectivity index (χ2n) is 16.9. The molecular weight excluding hydrogens is 823 g/mol. The van der Waals surface area contributed by atoms with E-state index < -0.39 is 0 Å². The zero-order chi connectivity index (χ0) is 39.5. The Balaban J connectivity index is 0.000000250. The molecule has 296 valence electrons. The minimum atomic E-state index is 0. The summed E-state index contributed by atoms with van der Waals surface area (Å²) in [4.78, 5) is 0. The first-order chi connectivity index (χ1) is 27.0. The molecule has 0 atom stereocenters. The van der Waals surface area contributed by atoms with Crippen LogP contribution in [0, 0.1) is 6.08 Å². The Hall–Kier alpha value is -4.00. The molecule has 0 fully saturated rings. The van der Waals surface area contributed by atoms with Crippen molar-refractivity contribution in [1.82, 2.24) is 0 Å². The Morgan fingerprint density at radius 3 is 1.24 bits per heavy atom. The van der Waals surface area contributed by atoms with Crippen LogP contribution in [0.1, 0.15) is 83.1 Å². The minimum absolute atomic E-state index is 0. The van der Waals surface area contributed by atoms with Crippen LogP contribution < -0.4 is 0 Å². The van der Waals surface area contributed by atoms with Crippen LogP contribution in [0.2, 0.25) is 0 Å². The number of rotatable bonds is 8. The molecule has 0 aromatic heterocycles. The van der Waals surface area contributed by atoms with Crippen LogP contribution in [0.25, 0.3) is 43.8 Å². The van der Waals surface area contributed by atoms with E-state index in [4.69, 9.17) is 0 Å². The summed E-state index contributed by atoms with van der Waals surface area (Å²) in [6, 6.07) is 55.3. The van der Waals surface area contributed by atoms with Gasteiger partial charge in [0.05, 0.1) is 0 Å². The van der Waals surface area contributed by atoms with Crippen LogP contribution in [0.5, 0.6) is 0 Å². The molecule has 0 aliphatic heterocycles. The van der Waals surface area contributed by atoms with Crippen molar-refractivity contribution in [2.24, 2.45) is 0 Å². The summed E-state index contributed by atoms with van der Waals surface area (Å²) in [5.41, 5.74) is 11.1. The van der Waals surface area contributed by atoms with Gasteiger partial charge in [-0.25, -0.2) is 12.2 Å². The Kier molecular flexibility index (Phi) is 17.6. The molecule has 0 spiro atoms. The summed E-state index contributed by atoms with van der Waals surface area (Å²) in [7, 11) is 0. The van der Waals surface area contributed by atoms with Gasteiger partial charge in [0, 0.05) is 0 Å². The number of hydrogen-bond acceptors (Lipinski definition) is 0. The van der Waals surface area contributed by atoms with E-state index in [1.165, 1.54) is 91.7 Å². The van der Waals surface area contributed by atoms with Crippen molar-refractivity contribution in [2.45, 2.75) is 84.5 Å². The van der Waals surface area contributed by atoms with E-state index in [1.54, 1.807) is 27.4 Å². The van der Waals surface area contributed by atoms with Gasteiger partial charge in [0.25, 0.3) is 0 Å². The monoisotopic (exact) mass is 878 g/mol. The van der Waals surface area contributed by atoms with Gasteiger partial charge >= 0.3 is 125 Å². The normalized spacial score (nSPS) is 11.9. The third-order valence-electron chi connectivity index (χ3n) is 10.5. The summed E-state index contributed by atoms with van der Waals surface area (Å²) in [5.74, 6) is 0. The molecule has 0 saturated carbocycles. The van der Waals surface area contributed by atoms with Crippen LogP contribution in [-0.2, 0) is 47.9 Å². The molecule has 0 radical (unpaired) electrons. The molecule has 0 N–H and O–H groups in total. The topological polar surface area (TPSA) is 0 Å². The Morgan fingerprint density at radius 2 is 0.931 bits per heavy atom. The van der Waals surface area contributed by atoms with E-state index in [0.717, 1.165) is 6.42 Å². The average molecular weight is 881 g/mol. The van der Waals surface area contributed by atoms with E-state index in [9.17, 15) is 0 Å². The number of hydrogen-bond donors (Lipinski definition) is 0. The molecule has 0 amide bonds. The fraction of sp³-hybridized carbons (Fsp3) is 0.236. The Labute approximate surface area is 376 Å². The fourth-order valence-corrected chi connectivity index (χ4v) is 8.02. The summed E-state index contributed by atoms with van der Waals surface area (Å²) in [5, 5.41) is 5.36. The summed E-state index contributed by atoms with van der Waals surface area (Å²) in [6.45, 7) is 13.9. The fourth-order valence-electron chi connectivity index (χ4n) is 7.40. The van der Waals surface area contributed by atoms with Crippen LogP contribution in [0.4, 0.5) is 0 Å². The first-order valence-electron chi connectivity index (χ1n) is 20.2. The van der Waals surface area contributed by atoms with Crippen LogP contribution in [-0.4, -0.2) is 3.21 Å². The maximum atomic E-state index is 2.99. The molecule has 7 aromatic rings. The van der Waals surface area contributed by atoms with Crippen LogP contribution in [0.3, 0.4) is 0 Å². The second kappa shape index (κ2) is 21.8. The van der Waals surface area contributed by atoms with Crippen LogP contribution >= 0.6 is 24.8 Å². The van der Waals surface area contributed by atoms with Gasteiger partial charge in [0.2, 0.25) is 0 Å². The van der Waals surface area contributed by atoms with Crippen molar-refractivity contribution in [3.63, 3.8) is 0 Å². The maximum absolute atomic E-state index is 2.99. The zero-order valence-electron chi connectivity index (χ0n) is 35.0. The van der Waals surface area contributed by atoms with E-state index >= 15 is 0 Å². The third kappa shape index (κ3) is 12.8. The van der Waals surface area contributed by atoms with Crippen LogP contribution in [0.15, 0.2) is 170 Å². The van der Waals surface area contributed by atoms with E-state index in [2.05, 4.69) is 205 Å². The summed E-state index contributed by atoms with van der Waals surface area (Å²) >= 11 is 1.60. The van der Waals surface area contributed by atoms with Crippen molar-refractivity contribution in [3.05, 3.63) is 198 Å². The quantitative estimate of drug-likeness (QED) is 0.133. The van der Waals surface area contributed by atoms with Gasteiger partial charge in [-0.1, -0.05) is 114 Å². The van der Waals surface area contributed by atoms with Gasteiger partial charge in [-0.2, -0.15) is 6.08 Å². The molecule has 0 heterocycles. The van der Waals surface area contributed by atoms with Gasteiger partial charge in [-0.15, -0.1) is 71.0 Å². The van der Waals surface area contributed by atoms with Gasteiger partial charge in [-0.3, -0.25) is 6.08 Å². The zero-order valence-corrected chi connectivity index (χ0v) is 39.1. The van der Waals surface area contributed by atoms with E-state index in [-0.39, 0.29) is 35.6 Å². The Bertz CT molecular complexity index is 2220. The SMILES string of the molecule is CC(C)(C)c1cc2c(cc1-c1ccccc1)[cH-]c1cc(-c3ccccc3)c(C(C)(C)C)cc12.Cl.Cl.[C-]1=CC=CC1.[Zr+2]=[C](CCc1ccccc1)CCc1ccccc1. The van der Waals surface area contributed by atoms with Gasteiger partial charge in [-0.05, 0) is 44.2 Å². The molecule has 1 aliphatic rings. The van der Waals surface area contributed by atoms with Gasteiger partial charge in [0.1, 0.15) is 0 Å². The molecule has 0 bridgehead atoms. The summed E-state index contributed by atoms with van der Waals surface area (Å²) < 4.78 is 1.69. The number of aryl methyl sites for hydroxylation is 2. The molecule has 0 nitrogen and oxygen atoms in total. The molecule has 58 heavy (non-hydrogen) atoms.